The van der Waals surface area contributed by atoms with Crippen molar-refractivity contribution in [1.82, 2.24) is 9.55 Å². The fourth-order valence-electron chi connectivity index (χ4n) is 1.25. The van der Waals surface area contributed by atoms with Crippen LogP contribution in [0.15, 0.2) is 47.5 Å². The number of carbonyl (C=O) groups is 1. The molecule has 0 spiro atoms. The number of ether oxygens (including phenoxy) is 1. The second kappa shape index (κ2) is 4.48. The molecule has 0 aliphatic heterocycles. The first-order valence-electron chi connectivity index (χ1n) is 4.74. The molecule has 2 rings (SSSR count). The Kier molecular flexibility index (Phi) is 2.86. The van der Waals surface area contributed by atoms with Gasteiger partial charge in [-0.25, -0.2) is 14.2 Å². The van der Waals surface area contributed by atoms with Crippen molar-refractivity contribution in [2.24, 2.45) is 0 Å². The van der Waals surface area contributed by atoms with Gasteiger partial charge >= 0.3 is 11.8 Å². The molecule has 82 valence electrons. The van der Waals surface area contributed by atoms with Crippen LogP contribution in [0.4, 0.5) is 4.79 Å². The third-order valence-electron chi connectivity index (χ3n) is 2.05. The molecule has 0 atom stereocenters. The lowest BCUT2D eigenvalue weighted by atomic mass is 10.2. The van der Waals surface area contributed by atoms with Gasteiger partial charge in [-0.15, -0.1) is 0 Å². The number of nitrogens with one attached hydrogen (secondary N) is 1. The fraction of sp³-hybridized carbons (Fsp3) is 0.0909. The fourth-order valence-corrected chi connectivity index (χ4v) is 1.25. The molecule has 1 aromatic carbocycles. The summed E-state index contributed by atoms with van der Waals surface area (Å²) >= 11 is 0. The summed E-state index contributed by atoms with van der Waals surface area (Å²) < 4.78 is 5.84. The normalized spacial score (nSPS) is 10.0. The summed E-state index contributed by atoms with van der Waals surface area (Å²) in [5, 5.41) is 0. The van der Waals surface area contributed by atoms with Crippen molar-refractivity contribution in [3.05, 3.63) is 58.8 Å². The Labute approximate surface area is 91.3 Å². The van der Waals surface area contributed by atoms with Crippen molar-refractivity contribution < 1.29 is 9.53 Å². The highest BCUT2D eigenvalue weighted by Gasteiger charge is 2.08. The molecule has 0 bridgehead atoms. The highest BCUT2D eigenvalue weighted by atomic mass is 16.5. The molecule has 16 heavy (non-hydrogen) atoms. The van der Waals surface area contributed by atoms with Crippen LogP contribution in [-0.2, 0) is 11.3 Å². The van der Waals surface area contributed by atoms with Crippen LogP contribution in [0.3, 0.4) is 0 Å². The highest BCUT2D eigenvalue weighted by molar-refractivity contribution is 5.69. The Balaban J connectivity index is 2.00. The molecule has 0 aliphatic rings. The Hall–Kier alpha value is -2.30. The van der Waals surface area contributed by atoms with Gasteiger partial charge in [0, 0.05) is 12.4 Å². The molecule has 0 aliphatic carbocycles. The highest BCUT2D eigenvalue weighted by Crippen LogP contribution is 2.01. The van der Waals surface area contributed by atoms with E-state index in [1.807, 2.05) is 30.3 Å². The average Bonchev–Trinajstić information content (AvgIpc) is 2.74. The number of hydrogen-bond donors (Lipinski definition) is 1. The molecule has 5 heteroatoms. The zero-order chi connectivity index (χ0) is 11.4. The van der Waals surface area contributed by atoms with Gasteiger partial charge in [-0.2, -0.15) is 0 Å². The first kappa shape index (κ1) is 10.2. The number of carbonyl (C=O) groups excluding carboxylic acids is 1. The van der Waals surface area contributed by atoms with Gasteiger partial charge in [-0.1, -0.05) is 30.3 Å². The largest absolute Gasteiger partial charge is 0.444 e. The van der Waals surface area contributed by atoms with E-state index >= 15 is 0 Å². The molecule has 1 heterocycles. The van der Waals surface area contributed by atoms with Crippen molar-refractivity contribution in [2.45, 2.75) is 6.61 Å². The predicted octanol–water partition coefficient (Wildman–Crippen LogP) is 1.36. The van der Waals surface area contributed by atoms with Crippen LogP contribution in [-0.4, -0.2) is 15.6 Å². The number of hydrogen-bond acceptors (Lipinski definition) is 3. The average molecular weight is 218 g/mol. The number of nitrogens with zero attached hydrogens (tertiary/aromatic N) is 1. The molecule has 0 unspecified atom stereocenters. The van der Waals surface area contributed by atoms with E-state index in [9.17, 15) is 9.59 Å². The number of aromatic amines is 1. The van der Waals surface area contributed by atoms with Gasteiger partial charge in [-0.05, 0) is 5.56 Å². The molecule has 0 fully saturated rings. The van der Waals surface area contributed by atoms with Crippen molar-refractivity contribution in [2.75, 3.05) is 0 Å². The van der Waals surface area contributed by atoms with Crippen LogP contribution in [0.25, 0.3) is 0 Å². The van der Waals surface area contributed by atoms with Gasteiger partial charge in [0.05, 0.1) is 0 Å². The Morgan fingerprint density at radius 2 is 2.06 bits per heavy atom. The van der Waals surface area contributed by atoms with E-state index in [-0.39, 0.29) is 6.61 Å². The van der Waals surface area contributed by atoms with Crippen molar-refractivity contribution in [3.8, 4) is 0 Å². The van der Waals surface area contributed by atoms with Crippen LogP contribution in [0, 0.1) is 0 Å². The first-order valence-corrected chi connectivity index (χ1v) is 4.74. The number of H-pyrrole nitrogens is 1. The number of imidazole rings is 1. The maximum absolute atomic E-state index is 11.4. The molecule has 0 saturated heterocycles. The second-order valence-corrected chi connectivity index (χ2v) is 3.18. The number of aromatic nitrogens is 2. The summed E-state index contributed by atoms with van der Waals surface area (Å²) in [5.41, 5.74) is 0.373. The van der Waals surface area contributed by atoms with E-state index in [0.29, 0.717) is 0 Å². The standard InChI is InChI=1S/C11H10N2O3/c14-10-12-6-7-13(10)11(15)16-8-9-4-2-1-3-5-9/h1-7H,8H2,(H,12,14). The quantitative estimate of drug-likeness (QED) is 0.827. The molecule has 0 saturated carbocycles. The van der Waals surface area contributed by atoms with Gasteiger partial charge in [0.15, 0.2) is 0 Å². The van der Waals surface area contributed by atoms with E-state index in [0.717, 1.165) is 10.1 Å². The Bertz CT molecular complexity index is 527. The maximum atomic E-state index is 11.4. The van der Waals surface area contributed by atoms with E-state index in [4.69, 9.17) is 4.74 Å². The summed E-state index contributed by atoms with van der Waals surface area (Å²) in [6, 6.07) is 9.26. The predicted molar refractivity (Wildman–Crippen MR) is 57.1 cm³/mol. The van der Waals surface area contributed by atoms with Crippen LogP contribution in [0.1, 0.15) is 5.56 Å². The summed E-state index contributed by atoms with van der Waals surface area (Å²) in [4.78, 5) is 24.9. The minimum Gasteiger partial charge on any atom is -0.444 e. The van der Waals surface area contributed by atoms with Gasteiger partial charge < -0.3 is 9.72 Å². The molecular formula is C11H10N2O3. The minimum absolute atomic E-state index is 0.150. The smallest absolute Gasteiger partial charge is 0.422 e. The Morgan fingerprint density at radius 3 is 2.69 bits per heavy atom. The Morgan fingerprint density at radius 1 is 1.31 bits per heavy atom. The molecule has 1 aromatic heterocycles. The van der Waals surface area contributed by atoms with Crippen LogP contribution in [0.2, 0.25) is 0 Å². The van der Waals surface area contributed by atoms with E-state index in [1.54, 1.807) is 0 Å². The first-order chi connectivity index (χ1) is 7.77. The van der Waals surface area contributed by atoms with Gasteiger partial charge in [-0.3, -0.25) is 0 Å². The van der Waals surface area contributed by atoms with Gasteiger partial charge in [0.1, 0.15) is 6.61 Å². The van der Waals surface area contributed by atoms with Crippen molar-refractivity contribution in [3.63, 3.8) is 0 Å². The third-order valence-corrected chi connectivity index (χ3v) is 2.05. The zero-order valence-corrected chi connectivity index (χ0v) is 8.42. The molecule has 0 radical (unpaired) electrons. The topological polar surface area (TPSA) is 64.1 Å². The van der Waals surface area contributed by atoms with E-state index in [2.05, 4.69) is 4.98 Å². The van der Waals surface area contributed by atoms with Gasteiger partial charge in [0.25, 0.3) is 0 Å². The maximum Gasteiger partial charge on any atom is 0.422 e. The van der Waals surface area contributed by atoms with Crippen LogP contribution >= 0.6 is 0 Å². The summed E-state index contributed by atoms with van der Waals surface area (Å²) in [6.45, 7) is 0.150. The number of rotatable bonds is 2. The van der Waals surface area contributed by atoms with Crippen molar-refractivity contribution in [1.29, 1.82) is 0 Å². The lowest BCUT2D eigenvalue weighted by Crippen LogP contribution is -2.24. The minimum atomic E-state index is -0.685. The molecule has 0 amide bonds. The third kappa shape index (κ3) is 2.20. The van der Waals surface area contributed by atoms with E-state index < -0.39 is 11.8 Å². The zero-order valence-electron chi connectivity index (χ0n) is 8.42. The number of benzene rings is 1. The van der Waals surface area contributed by atoms with Crippen LogP contribution in [0.5, 0.6) is 0 Å². The van der Waals surface area contributed by atoms with Gasteiger partial charge in [0.2, 0.25) is 0 Å². The monoisotopic (exact) mass is 218 g/mol. The molecule has 1 N–H and O–H groups in total. The summed E-state index contributed by atoms with van der Waals surface area (Å²) in [5.74, 6) is 0. The lowest BCUT2D eigenvalue weighted by molar-refractivity contribution is 0.140. The second-order valence-electron chi connectivity index (χ2n) is 3.18. The SMILES string of the molecule is O=C(OCc1ccccc1)n1cc[nH]c1=O. The van der Waals surface area contributed by atoms with E-state index in [1.165, 1.54) is 12.4 Å². The molecular weight excluding hydrogens is 208 g/mol. The summed E-state index contributed by atoms with van der Waals surface area (Å²) in [7, 11) is 0. The lowest BCUT2D eigenvalue weighted by Gasteiger charge is -2.03. The summed E-state index contributed by atoms with van der Waals surface area (Å²) in [6.07, 6.45) is 2.02. The molecule has 2 aromatic rings. The molecule has 5 nitrogen and oxygen atoms in total. The van der Waals surface area contributed by atoms with Crippen LogP contribution < -0.4 is 5.69 Å². The van der Waals surface area contributed by atoms with Crippen molar-refractivity contribution >= 4 is 6.09 Å².